The molecule has 2 aliphatic rings. The maximum atomic E-state index is 13.6. The second kappa shape index (κ2) is 15.8. The maximum absolute atomic E-state index is 13.6. The Morgan fingerprint density at radius 2 is 1.74 bits per heavy atom. The highest BCUT2D eigenvalue weighted by Gasteiger charge is 2.48. The predicted octanol–water partition coefficient (Wildman–Crippen LogP) is 5.12. The fourth-order valence-electron chi connectivity index (χ4n) is 5.46. The summed E-state index contributed by atoms with van der Waals surface area (Å²) in [6, 6.07) is 13.9. The third-order valence-corrected chi connectivity index (χ3v) is 8.70. The summed E-state index contributed by atoms with van der Waals surface area (Å²) in [5.74, 6) is -2.06. The SMILES string of the molecule is COc1ccc(CC2NC(=O)/C=C/C[C@@H]([C@H](C)[C@@H]3O[C@@H]3c3ccccc3)OC(=O)[C@H](CC(C)C)OC(=O)C(C)(C)CNC2=O)cc1Cl. The quantitative estimate of drug-likeness (QED) is 0.293. The maximum Gasteiger partial charge on any atom is 0.347 e. The standard InChI is InChI=1S/C36H45ClN2O8/c1-21(2)17-29-34(42)45-27(22(3)31-32(47-31)24-11-8-7-9-12-24)13-10-14-30(40)39-26(19-23-15-16-28(44-6)25(37)18-23)33(41)38-20-36(4,5)35(43)46-29/h7-12,14-16,18,21-22,26-27,29,31-32H,13,17,19-20H2,1-6H3,(H,38,41)(H,39,40)/b14-10+/t22-,26?,27-,29-,31-,32+/m0/s1. The number of amides is 2. The highest BCUT2D eigenvalue weighted by Crippen LogP contribution is 2.45. The molecule has 11 heteroatoms. The van der Waals surface area contributed by atoms with E-state index < -0.39 is 47.4 Å². The van der Waals surface area contributed by atoms with Crippen molar-refractivity contribution in [3.63, 3.8) is 0 Å². The number of hydrogen-bond acceptors (Lipinski definition) is 8. The molecular weight excluding hydrogens is 624 g/mol. The number of halogens is 1. The van der Waals surface area contributed by atoms with Crippen LogP contribution < -0.4 is 15.4 Å². The van der Waals surface area contributed by atoms with Crippen LogP contribution >= 0.6 is 11.6 Å². The van der Waals surface area contributed by atoms with E-state index in [0.717, 1.165) is 5.56 Å². The third kappa shape index (κ3) is 9.81. The molecule has 0 aromatic heterocycles. The van der Waals surface area contributed by atoms with Gasteiger partial charge in [0.2, 0.25) is 11.8 Å². The fourth-order valence-corrected chi connectivity index (χ4v) is 5.75. The van der Waals surface area contributed by atoms with Gasteiger partial charge in [-0.3, -0.25) is 14.4 Å². The number of epoxide rings is 1. The van der Waals surface area contributed by atoms with Crippen molar-refractivity contribution in [1.29, 1.82) is 0 Å². The van der Waals surface area contributed by atoms with Gasteiger partial charge < -0.3 is 29.6 Å². The Hall–Kier alpha value is -3.89. The van der Waals surface area contributed by atoms with Gasteiger partial charge in [0.05, 0.1) is 23.7 Å². The van der Waals surface area contributed by atoms with Gasteiger partial charge in [-0.15, -0.1) is 0 Å². The summed E-state index contributed by atoms with van der Waals surface area (Å²) in [6.45, 7) is 8.92. The minimum absolute atomic E-state index is 0.0228. The van der Waals surface area contributed by atoms with Gasteiger partial charge in [-0.1, -0.05) is 74.8 Å². The molecule has 2 aromatic carbocycles. The van der Waals surface area contributed by atoms with Crippen LogP contribution in [0.3, 0.4) is 0 Å². The average molecular weight is 669 g/mol. The second-order valence-electron chi connectivity index (χ2n) is 13.3. The van der Waals surface area contributed by atoms with E-state index in [2.05, 4.69) is 10.6 Å². The first-order valence-corrected chi connectivity index (χ1v) is 16.4. The van der Waals surface area contributed by atoms with Crippen LogP contribution in [0.5, 0.6) is 5.75 Å². The molecule has 0 radical (unpaired) electrons. The van der Waals surface area contributed by atoms with Crippen LogP contribution in [0.25, 0.3) is 0 Å². The highest BCUT2D eigenvalue weighted by molar-refractivity contribution is 6.32. The van der Waals surface area contributed by atoms with Crippen LogP contribution in [0.15, 0.2) is 60.7 Å². The molecule has 254 valence electrons. The topological polar surface area (TPSA) is 133 Å². The zero-order chi connectivity index (χ0) is 34.3. The molecular formula is C36H45ClN2O8. The van der Waals surface area contributed by atoms with Crippen molar-refractivity contribution in [3.05, 3.63) is 76.8 Å². The van der Waals surface area contributed by atoms with E-state index in [-0.39, 0.29) is 49.9 Å². The second-order valence-corrected chi connectivity index (χ2v) is 13.7. The Labute approximate surface area is 281 Å². The lowest BCUT2D eigenvalue weighted by Crippen LogP contribution is -2.51. The first kappa shape index (κ1) is 36.0. The molecule has 2 aromatic rings. The van der Waals surface area contributed by atoms with Crippen molar-refractivity contribution < 1.29 is 38.1 Å². The van der Waals surface area contributed by atoms with Crippen molar-refractivity contribution in [2.75, 3.05) is 13.7 Å². The van der Waals surface area contributed by atoms with E-state index in [1.807, 2.05) is 51.1 Å². The Morgan fingerprint density at radius 1 is 1.02 bits per heavy atom. The Bertz CT molecular complexity index is 1460. The number of cyclic esters (lactones) is 2. The fraction of sp³-hybridized carbons (Fsp3) is 0.500. The number of carbonyl (C=O) groups excluding carboxylic acids is 4. The molecule has 2 N–H and O–H groups in total. The summed E-state index contributed by atoms with van der Waals surface area (Å²) in [6.07, 6.45) is 1.34. The average Bonchev–Trinajstić information content (AvgIpc) is 3.83. The number of methoxy groups -OCH3 is 1. The van der Waals surface area contributed by atoms with E-state index in [9.17, 15) is 19.2 Å². The molecule has 4 rings (SSSR count). The lowest BCUT2D eigenvalue weighted by atomic mass is 9.92. The summed E-state index contributed by atoms with van der Waals surface area (Å²) in [5, 5.41) is 5.91. The normalized spacial score (nSPS) is 26.8. The largest absolute Gasteiger partial charge is 0.495 e. The summed E-state index contributed by atoms with van der Waals surface area (Å²) >= 11 is 6.32. The summed E-state index contributed by atoms with van der Waals surface area (Å²) in [7, 11) is 1.51. The van der Waals surface area contributed by atoms with Gasteiger partial charge in [0.25, 0.3) is 0 Å². The van der Waals surface area contributed by atoms with E-state index in [1.165, 1.54) is 13.2 Å². The van der Waals surface area contributed by atoms with Crippen LogP contribution in [0.1, 0.15) is 64.7 Å². The first-order chi connectivity index (χ1) is 22.3. The van der Waals surface area contributed by atoms with Crippen molar-refractivity contribution in [2.45, 2.75) is 84.3 Å². The summed E-state index contributed by atoms with van der Waals surface area (Å²) in [4.78, 5) is 53.6. The van der Waals surface area contributed by atoms with Crippen molar-refractivity contribution in [1.82, 2.24) is 10.6 Å². The predicted molar refractivity (Wildman–Crippen MR) is 177 cm³/mol. The Morgan fingerprint density at radius 3 is 2.40 bits per heavy atom. The van der Waals surface area contributed by atoms with Crippen molar-refractivity contribution in [3.8, 4) is 5.75 Å². The van der Waals surface area contributed by atoms with E-state index in [0.29, 0.717) is 16.3 Å². The molecule has 6 atom stereocenters. The van der Waals surface area contributed by atoms with E-state index in [1.54, 1.807) is 38.1 Å². The summed E-state index contributed by atoms with van der Waals surface area (Å²) in [5.41, 5.74) is 0.524. The van der Waals surface area contributed by atoms with Gasteiger partial charge in [-0.2, -0.15) is 0 Å². The molecule has 10 nitrogen and oxygen atoms in total. The Kier molecular flexibility index (Phi) is 12.1. The van der Waals surface area contributed by atoms with Crippen LogP contribution in [-0.2, 0) is 39.8 Å². The molecule has 2 heterocycles. The molecule has 0 aliphatic carbocycles. The smallest absolute Gasteiger partial charge is 0.347 e. The number of nitrogens with one attached hydrogen (secondary N) is 2. The minimum Gasteiger partial charge on any atom is -0.495 e. The van der Waals surface area contributed by atoms with Crippen molar-refractivity contribution >= 4 is 35.4 Å². The zero-order valence-corrected chi connectivity index (χ0v) is 28.5. The molecule has 47 heavy (non-hydrogen) atoms. The number of rotatable bonds is 8. The van der Waals surface area contributed by atoms with E-state index in [4.69, 9.17) is 30.5 Å². The number of ether oxygens (including phenoxy) is 4. The molecule has 1 saturated heterocycles. The van der Waals surface area contributed by atoms with Gasteiger partial charge in [-0.05, 0) is 55.5 Å². The number of hydrogen-bond donors (Lipinski definition) is 2. The molecule has 1 fully saturated rings. The van der Waals surface area contributed by atoms with Gasteiger partial charge in [0.15, 0.2) is 6.10 Å². The van der Waals surface area contributed by atoms with Crippen LogP contribution in [0, 0.1) is 17.3 Å². The molecule has 0 saturated carbocycles. The molecule has 2 aliphatic heterocycles. The number of benzene rings is 2. The minimum atomic E-state index is -1.20. The molecule has 0 spiro atoms. The monoisotopic (exact) mass is 668 g/mol. The lowest BCUT2D eigenvalue weighted by Gasteiger charge is -2.29. The van der Waals surface area contributed by atoms with Crippen molar-refractivity contribution in [2.24, 2.45) is 17.3 Å². The van der Waals surface area contributed by atoms with Gasteiger partial charge >= 0.3 is 11.9 Å². The molecule has 0 bridgehead atoms. The Balaban J connectivity index is 1.61. The summed E-state index contributed by atoms with van der Waals surface area (Å²) < 4.78 is 23.1. The van der Waals surface area contributed by atoms with E-state index >= 15 is 0 Å². The zero-order valence-electron chi connectivity index (χ0n) is 27.8. The van der Waals surface area contributed by atoms with Gasteiger partial charge in [0, 0.05) is 25.3 Å². The first-order valence-electron chi connectivity index (χ1n) is 16.0. The van der Waals surface area contributed by atoms with Gasteiger partial charge in [0.1, 0.15) is 24.0 Å². The number of carbonyl (C=O) groups is 4. The molecule has 2 amide bonds. The lowest BCUT2D eigenvalue weighted by molar-refractivity contribution is -0.179. The van der Waals surface area contributed by atoms with Gasteiger partial charge in [-0.25, -0.2) is 4.79 Å². The van der Waals surface area contributed by atoms with Crippen LogP contribution in [0.2, 0.25) is 5.02 Å². The van der Waals surface area contributed by atoms with Crippen LogP contribution in [0.4, 0.5) is 0 Å². The number of esters is 2. The van der Waals surface area contributed by atoms with Crippen LogP contribution in [-0.4, -0.2) is 61.8 Å². The molecule has 1 unspecified atom stereocenters. The third-order valence-electron chi connectivity index (χ3n) is 8.41. The highest BCUT2D eigenvalue weighted by atomic mass is 35.5.